The summed E-state index contributed by atoms with van der Waals surface area (Å²) in [5.41, 5.74) is 2.96. The number of fused-ring (bicyclic) bond motifs is 4. The molecule has 0 heterocycles. The van der Waals surface area contributed by atoms with Crippen molar-refractivity contribution in [2.24, 2.45) is 5.92 Å². The quantitative estimate of drug-likeness (QED) is 0.687. The van der Waals surface area contributed by atoms with E-state index in [2.05, 4.69) is 43.3 Å². The van der Waals surface area contributed by atoms with E-state index in [1.54, 1.807) is 0 Å². The van der Waals surface area contributed by atoms with Crippen molar-refractivity contribution in [3.8, 4) is 0 Å². The molecule has 2 aliphatic carbocycles. The fraction of sp³-hybridized carbons (Fsp3) is 0.467. The molecule has 2 bridgehead atoms. The lowest BCUT2D eigenvalue weighted by molar-refractivity contribution is 0.180. The molecule has 90 valence electrons. The molecule has 0 fully saturated rings. The zero-order valence-electron chi connectivity index (χ0n) is 10.4. The van der Waals surface area contributed by atoms with E-state index in [1.165, 1.54) is 11.1 Å². The Morgan fingerprint density at radius 1 is 1.29 bits per heavy atom. The molecule has 17 heavy (non-hydrogen) atoms. The number of allylic oxidation sites excluding steroid dienone is 1. The second kappa shape index (κ2) is 4.15. The van der Waals surface area contributed by atoms with E-state index in [0.29, 0.717) is 17.9 Å². The molecule has 0 unspecified atom stereocenters. The van der Waals surface area contributed by atoms with Crippen molar-refractivity contribution in [2.75, 3.05) is 14.1 Å². The van der Waals surface area contributed by atoms with Gasteiger partial charge in [-0.05, 0) is 56.1 Å². The summed E-state index contributed by atoms with van der Waals surface area (Å²) in [6.45, 7) is 0. The third kappa shape index (κ3) is 1.82. The lowest BCUT2D eigenvalue weighted by Crippen LogP contribution is -2.45. The van der Waals surface area contributed by atoms with Gasteiger partial charge in [-0.25, -0.2) is 0 Å². The summed E-state index contributed by atoms with van der Waals surface area (Å²) in [7, 11) is 4.40. The smallest absolute Gasteiger partial charge is 0.0408 e. The van der Waals surface area contributed by atoms with Crippen molar-refractivity contribution >= 4 is 11.6 Å². The number of nitrogens with zero attached hydrogens (tertiary/aromatic N) is 1. The van der Waals surface area contributed by atoms with Crippen LogP contribution in [0.2, 0.25) is 5.02 Å². The highest BCUT2D eigenvalue weighted by Crippen LogP contribution is 2.43. The Morgan fingerprint density at radius 2 is 2.12 bits per heavy atom. The normalized spacial score (nSPS) is 30.5. The summed E-state index contributed by atoms with van der Waals surface area (Å²) in [5.74, 6) is 1.29. The second-order valence-electron chi connectivity index (χ2n) is 5.44. The van der Waals surface area contributed by atoms with Crippen LogP contribution in [-0.2, 0) is 6.42 Å². The molecule has 0 aromatic heterocycles. The van der Waals surface area contributed by atoms with Crippen LogP contribution in [0.15, 0.2) is 30.4 Å². The van der Waals surface area contributed by atoms with E-state index in [9.17, 15) is 0 Å². The van der Waals surface area contributed by atoms with Gasteiger partial charge in [0.15, 0.2) is 0 Å². The summed E-state index contributed by atoms with van der Waals surface area (Å²) in [6, 6.07) is 7.07. The summed E-state index contributed by atoms with van der Waals surface area (Å²) in [6.07, 6.45) is 7.04. The average Bonchev–Trinajstić information content (AvgIpc) is 2.27. The van der Waals surface area contributed by atoms with Gasteiger partial charge in [0.2, 0.25) is 0 Å². The maximum atomic E-state index is 6.10. The molecule has 3 atom stereocenters. The van der Waals surface area contributed by atoms with Crippen LogP contribution < -0.4 is 0 Å². The van der Waals surface area contributed by atoms with Crippen molar-refractivity contribution in [3.05, 3.63) is 46.5 Å². The molecule has 2 aliphatic rings. The molecular formula is C15H18ClN. The maximum absolute atomic E-state index is 6.10. The Kier molecular flexibility index (Phi) is 2.76. The Morgan fingerprint density at radius 3 is 2.88 bits per heavy atom. The highest BCUT2D eigenvalue weighted by atomic mass is 35.5. The van der Waals surface area contributed by atoms with Gasteiger partial charge in [-0.1, -0.05) is 29.8 Å². The maximum Gasteiger partial charge on any atom is 0.0408 e. The first-order valence-corrected chi connectivity index (χ1v) is 6.66. The van der Waals surface area contributed by atoms with Crippen molar-refractivity contribution in [2.45, 2.75) is 24.8 Å². The standard InChI is InChI=1S/C15H18ClN/c1-17(2)15-10-4-3-5-14(15)13-7-6-12(16)9-11(13)8-10/h3-4,6-7,9-10,14-15H,5,8H2,1-2H3/t10-,14+,15-/m1/s1. The largest absolute Gasteiger partial charge is 0.305 e. The van der Waals surface area contributed by atoms with E-state index in [4.69, 9.17) is 11.6 Å². The first-order chi connectivity index (χ1) is 8.16. The number of benzene rings is 1. The van der Waals surface area contributed by atoms with Gasteiger partial charge in [-0.3, -0.25) is 0 Å². The van der Waals surface area contributed by atoms with E-state index in [1.807, 2.05) is 6.07 Å². The summed E-state index contributed by atoms with van der Waals surface area (Å²) in [4.78, 5) is 2.39. The number of rotatable bonds is 1. The predicted octanol–water partition coefficient (Wildman–Crippen LogP) is 3.49. The molecule has 0 amide bonds. The van der Waals surface area contributed by atoms with E-state index in [-0.39, 0.29) is 0 Å². The minimum atomic E-state index is 0.640. The molecule has 1 aromatic rings. The first kappa shape index (κ1) is 11.3. The molecule has 2 heteroatoms. The van der Waals surface area contributed by atoms with Crippen LogP contribution in [0.4, 0.5) is 0 Å². The molecule has 0 radical (unpaired) electrons. The van der Waals surface area contributed by atoms with Gasteiger partial charge in [0.05, 0.1) is 0 Å². The molecular weight excluding hydrogens is 230 g/mol. The van der Waals surface area contributed by atoms with Gasteiger partial charge < -0.3 is 4.90 Å². The zero-order valence-corrected chi connectivity index (χ0v) is 11.1. The minimum absolute atomic E-state index is 0.640. The van der Waals surface area contributed by atoms with Crippen molar-refractivity contribution in [1.29, 1.82) is 0 Å². The molecule has 1 aromatic carbocycles. The van der Waals surface area contributed by atoms with Gasteiger partial charge in [0, 0.05) is 17.0 Å². The number of hydrogen-bond donors (Lipinski definition) is 0. The number of halogens is 1. The Bertz CT molecular complexity index is 464. The van der Waals surface area contributed by atoms with Gasteiger partial charge >= 0.3 is 0 Å². The number of likely N-dealkylation sites (N-methyl/N-ethyl adjacent to an activating group) is 1. The molecule has 1 nitrogen and oxygen atoms in total. The van der Waals surface area contributed by atoms with Gasteiger partial charge in [0.1, 0.15) is 0 Å². The van der Waals surface area contributed by atoms with Crippen molar-refractivity contribution in [1.82, 2.24) is 4.90 Å². The third-order valence-corrected chi connectivity index (χ3v) is 4.42. The fourth-order valence-corrected chi connectivity index (χ4v) is 3.76. The van der Waals surface area contributed by atoms with Crippen molar-refractivity contribution < 1.29 is 0 Å². The first-order valence-electron chi connectivity index (χ1n) is 6.28. The third-order valence-electron chi connectivity index (χ3n) is 4.18. The van der Waals surface area contributed by atoms with Crippen LogP contribution in [-0.4, -0.2) is 25.0 Å². The monoisotopic (exact) mass is 247 g/mol. The van der Waals surface area contributed by atoms with E-state index in [0.717, 1.165) is 17.9 Å². The summed E-state index contributed by atoms with van der Waals surface area (Å²) < 4.78 is 0. The number of hydrogen-bond acceptors (Lipinski definition) is 1. The molecule has 3 rings (SSSR count). The molecule has 0 N–H and O–H groups in total. The van der Waals surface area contributed by atoms with Gasteiger partial charge in [-0.15, -0.1) is 0 Å². The van der Waals surface area contributed by atoms with Gasteiger partial charge in [-0.2, -0.15) is 0 Å². The molecule has 0 saturated heterocycles. The van der Waals surface area contributed by atoms with Crippen LogP contribution in [0.5, 0.6) is 0 Å². The minimum Gasteiger partial charge on any atom is -0.305 e. The van der Waals surface area contributed by atoms with Crippen LogP contribution in [0.1, 0.15) is 23.5 Å². The van der Waals surface area contributed by atoms with Crippen LogP contribution in [0.3, 0.4) is 0 Å². The zero-order chi connectivity index (χ0) is 12.0. The van der Waals surface area contributed by atoms with Crippen LogP contribution in [0, 0.1) is 5.92 Å². The van der Waals surface area contributed by atoms with Crippen LogP contribution in [0.25, 0.3) is 0 Å². The summed E-state index contributed by atoms with van der Waals surface area (Å²) >= 11 is 6.10. The summed E-state index contributed by atoms with van der Waals surface area (Å²) in [5, 5.41) is 0.870. The average molecular weight is 248 g/mol. The lowest BCUT2D eigenvalue weighted by Gasteiger charge is -2.44. The van der Waals surface area contributed by atoms with E-state index < -0.39 is 0 Å². The van der Waals surface area contributed by atoms with Crippen LogP contribution >= 0.6 is 11.6 Å². The molecule has 0 spiro atoms. The highest BCUT2D eigenvalue weighted by Gasteiger charge is 2.38. The second-order valence-corrected chi connectivity index (χ2v) is 5.87. The molecule has 0 saturated carbocycles. The van der Waals surface area contributed by atoms with E-state index >= 15 is 0 Å². The van der Waals surface area contributed by atoms with Crippen molar-refractivity contribution in [3.63, 3.8) is 0 Å². The fourth-order valence-electron chi connectivity index (χ4n) is 3.56. The Labute approximate surface area is 108 Å². The topological polar surface area (TPSA) is 3.24 Å². The Balaban J connectivity index is 2.08. The molecule has 0 aliphatic heterocycles. The Hall–Kier alpha value is -0.790. The van der Waals surface area contributed by atoms with Gasteiger partial charge in [0.25, 0.3) is 0 Å². The lowest BCUT2D eigenvalue weighted by atomic mass is 9.68. The SMILES string of the molecule is CN(C)[C@@H]1[C@@H]2C=CC[C@H]1c1ccc(Cl)cc1C2. The highest BCUT2D eigenvalue weighted by molar-refractivity contribution is 6.30. The predicted molar refractivity (Wildman–Crippen MR) is 72.6 cm³/mol.